The molecule has 0 aromatic heterocycles. The predicted octanol–water partition coefficient (Wildman–Crippen LogP) is 6.68. The molecule has 0 radical (unpaired) electrons. The summed E-state index contributed by atoms with van der Waals surface area (Å²) in [5, 5.41) is 10.2. The van der Waals surface area contributed by atoms with Gasteiger partial charge in [0.2, 0.25) is 0 Å². The molecule has 1 N–H and O–H groups in total. The topological polar surface area (TPSA) is 72.8 Å². The molecule has 0 saturated heterocycles. The van der Waals surface area contributed by atoms with E-state index in [1.54, 1.807) is 12.1 Å². The second kappa shape index (κ2) is 13.2. The van der Waals surface area contributed by atoms with Crippen LogP contribution in [0.15, 0.2) is 42.5 Å². The first-order chi connectivity index (χ1) is 15.2. The van der Waals surface area contributed by atoms with Crippen molar-refractivity contribution in [2.75, 3.05) is 0 Å². The summed E-state index contributed by atoms with van der Waals surface area (Å²) in [6, 6.07) is 12.9. The largest absolute Gasteiger partial charge is 0.508 e. The zero-order valence-corrected chi connectivity index (χ0v) is 20.2. The Morgan fingerprint density at radius 2 is 1.61 bits per heavy atom. The van der Waals surface area contributed by atoms with Crippen LogP contribution in [0.25, 0.3) is 0 Å². The summed E-state index contributed by atoms with van der Waals surface area (Å²) in [5.74, 6) is -0.347. The molecule has 5 nitrogen and oxygen atoms in total. The lowest BCUT2D eigenvalue weighted by atomic mass is 9.74. The number of halogens is 1. The number of phenolic OH excluding ortho intramolecular Hbond substituents is 1. The Kier molecular flexibility index (Phi) is 11.4. The first-order valence-corrected chi connectivity index (χ1v) is 11.5. The van der Waals surface area contributed by atoms with E-state index in [0.29, 0.717) is 23.8 Å². The second-order valence-electron chi connectivity index (χ2n) is 8.10. The van der Waals surface area contributed by atoms with Gasteiger partial charge in [0.15, 0.2) is 0 Å². The first-order valence-electron chi connectivity index (χ1n) is 11.1. The van der Waals surface area contributed by atoms with Crippen molar-refractivity contribution in [1.29, 1.82) is 0 Å². The van der Waals surface area contributed by atoms with Gasteiger partial charge in [-0.2, -0.15) is 0 Å². The van der Waals surface area contributed by atoms with Crippen LogP contribution in [-0.4, -0.2) is 29.3 Å². The smallest absolute Gasteiger partial charge is 0.303 e. The molecule has 1 aliphatic carbocycles. The molecule has 3 rings (SSSR count). The molecule has 182 valence electrons. The number of ether oxygens (including phenoxy) is 2. The highest BCUT2D eigenvalue weighted by atomic mass is 35.5. The maximum atomic E-state index is 11.8. The highest BCUT2D eigenvalue weighted by Gasteiger charge is 2.41. The van der Waals surface area contributed by atoms with Crippen molar-refractivity contribution in [3.8, 4) is 5.75 Å². The van der Waals surface area contributed by atoms with Crippen LogP contribution in [0.1, 0.15) is 77.5 Å². The number of esters is 2. The second-order valence-corrected chi connectivity index (χ2v) is 8.51. The average molecular weight is 477 g/mol. The summed E-state index contributed by atoms with van der Waals surface area (Å²) < 4.78 is 11.2. The molecule has 0 spiro atoms. The summed E-state index contributed by atoms with van der Waals surface area (Å²) >= 11 is 6.46. The Hall–Kier alpha value is -2.53. The minimum Gasteiger partial charge on any atom is -0.508 e. The van der Waals surface area contributed by atoms with Crippen LogP contribution in [0, 0.1) is 5.92 Å². The number of phenols is 1. The molecular formula is C27H37ClO5. The number of benzene rings is 2. The van der Waals surface area contributed by atoms with Crippen LogP contribution < -0.4 is 0 Å². The van der Waals surface area contributed by atoms with Crippen molar-refractivity contribution < 1.29 is 24.2 Å². The third kappa shape index (κ3) is 8.08. The Labute approximate surface area is 203 Å². The molecule has 4 unspecified atom stereocenters. The summed E-state index contributed by atoms with van der Waals surface area (Å²) in [4.78, 5) is 23.4. The predicted molar refractivity (Wildman–Crippen MR) is 133 cm³/mol. The lowest BCUT2D eigenvalue weighted by molar-refractivity contribution is -0.172. The zero-order chi connectivity index (χ0) is 23.8. The molecule has 1 fully saturated rings. The maximum Gasteiger partial charge on any atom is 0.303 e. The van der Waals surface area contributed by atoms with Gasteiger partial charge < -0.3 is 14.6 Å². The monoisotopic (exact) mass is 476 g/mol. The first kappa shape index (κ1) is 28.5. The Bertz CT molecular complexity index is 909. The summed E-state index contributed by atoms with van der Waals surface area (Å²) in [5.41, 5.74) is 2.98. The van der Waals surface area contributed by atoms with Gasteiger partial charge in [-0.3, -0.25) is 9.59 Å². The third-order valence-corrected chi connectivity index (χ3v) is 5.87. The zero-order valence-electron chi connectivity index (χ0n) is 19.4. The summed E-state index contributed by atoms with van der Waals surface area (Å²) in [6.45, 7) is 8.86. The van der Waals surface area contributed by atoms with Gasteiger partial charge in [0.1, 0.15) is 18.0 Å². The fourth-order valence-corrected chi connectivity index (χ4v) is 4.44. The highest BCUT2D eigenvalue weighted by molar-refractivity contribution is 6.31. The SMILES string of the molecule is C.CC.CC(=O)OC1CC(C)CC(c2ccc(Cl)c(Cc3ccc(O)cc3)c2)C1OC(C)=O. The number of hydrogen-bond acceptors (Lipinski definition) is 5. The average Bonchev–Trinajstić information content (AvgIpc) is 2.74. The molecule has 2 aromatic rings. The minimum atomic E-state index is -0.537. The van der Waals surface area contributed by atoms with Crippen molar-refractivity contribution >= 4 is 23.5 Å². The number of hydrogen-bond donors (Lipinski definition) is 1. The van der Waals surface area contributed by atoms with E-state index in [0.717, 1.165) is 23.1 Å². The number of rotatable bonds is 5. The van der Waals surface area contributed by atoms with Crippen molar-refractivity contribution in [2.45, 2.75) is 79.4 Å². The molecule has 1 aliphatic rings. The van der Waals surface area contributed by atoms with E-state index < -0.39 is 18.2 Å². The van der Waals surface area contributed by atoms with Crippen LogP contribution in [0.3, 0.4) is 0 Å². The maximum absolute atomic E-state index is 11.8. The van der Waals surface area contributed by atoms with Crippen LogP contribution in [-0.2, 0) is 25.5 Å². The van der Waals surface area contributed by atoms with Crippen LogP contribution in [0.5, 0.6) is 5.75 Å². The van der Waals surface area contributed by atoms with Gasteiger partial charge in [0.05, 0.1) is 0 Å². The lowest BCUT2D eigenvalue weighted by Crippen LogP contribution is -2.44. The van der Waals surface area contributed by atoms with Crippen molar-refractivity contribution in [1.82, 2.24) is 0 Å². The molecule has 2 aromatic carbocycles. The van der Waals surface area contributed by atoms with Crippen LogP contribution in [0.2, 0.25) is 5.02 Å². The van der Waals surface area contributed by atoms with Gasteiger partial charge in [-0.05, 0) is 60.1 Å². The molecule has 6 heteroatoms. The molecule has 0 bridgehead atoms. The fourth-order valence-electron chi connectivity index (χ4n) is 4.25. The number of aromatic hydroxyl groups is 1. The lowest BCUT2D eigenvalue weighted by Gasteiger charge is -2.40. The van der Waals surface area contributed by atoms with E-state index in [1.165, 1.54) is 13.8 Å². The van der Waals surface area contributed by atoms with E-state index in [4.69, 9.17) is 21.1 Å². The molecule has 0 amide bonds. The van der Waals surface area contributed by atoms with Crippen molar-refractivity contribution in [3.05, 3.63) is 64.2 Å². The van der Waals surface area contributed by atoms with Crippen LogP contribution >= 0.6 is 11.6 Å². The van der Waals surface area contributed by atoms with E-state index in [9.17, 15) is 14.7 Å². The third-order valence-electron chi connectivity index (χ3n) is 5.50. The molecule has 4 atom stereocenters. The van der Waals surface area contributed by atoms with E-state index in [-0.39, 0.29) is 25.1 Å². The Balaban J connectivity index is 0.00000177. The van der Waals surface area contributed by atoms with Crippen LogP contribution in [0.4, 0.5) is 0 Å². The minimum absolute atomic E-state index is 0. The van der Waals surface area contributed by atoms with E-state index >= 15 is 0 Å². The normalized spacial score (nSPS) is 21.6. The van der Waals surface area contributed by atoms with Crippen molar-refractivity contribution in [2.24, 2.45) is 5.92 Å². The fraction of sp³-hybridized carbons (Fsp3) is 0.481. The van der Waals surface area contributed by atoms with Gasteiger partial charge in [0, 0.05) is 24.8 Å². The Morgan fingerprint density at radius 3 is 2.18 bits per heavy atom. The molecule has 33 heavy (non-hydrogen) atoms. The molecular weight excluding hydrogens is 440 g/mol. The molecule has 1 saturated carbocycles. The molecule has 0 aliphatic heterocycles. The summed E-state index contributed by atoms with van der Waals surface area (Å²) in [7, 11) is 0. The Morgan fingerprint density at radius 1 is 1.00 bits per heavy atom. The van der Waals surface area contributed by atoms with Gasteiger partial charge in [-0.15, -0.1) is 0 Å². The van der Waals surface area contributed by atoms with E-state index in [1.807, 2.05) is 44.2 Å². The standard InChI is InChI=1S/C24H27ClO5.C2H6.CH4/c1-14-10-21(24(30-16(3)27)23(11-14)29-15(2)26)18-6-9-22(25)19(13-18)12-17-4-7-20(28)8-5-17;1-2;/h4-9,13-14,21,23-24,28H,10-12H2,1-3H3;1-2H3;1H4. The summed E-state index contributed by atoms with van der Waals surface area (Å²) in [6.07, 6.45) is 1.07. The molecule has 0 heterocycles. The number of carbonyl (C=O) groups excluding carboxylic acids is 2. The van der Waals surface area contributed by atoms with Gasteiger partial charge in [-0.1, -0.05) is 64.1 Å². The van der Waals surface area contributed by atoms with Gasteiger partial charge in [-0.25, -0.2) is 0 Å². The quantitative estimate of drug-likeness (QED) is 0.487. The number of carbonyl (C=O) groups is 2. The highest BCUT2D eigenvalue weighted by Crippen LogP contribution is 2.40. The van der Waals surface area contributed by atoms with E-state index in [2.05, 4.69) is 6.92 Å². The van der Waals surface area contributed by atoms with Crippen molar-refractivity contribution in [3.63, 3.8) is 0 Å². The van der Waals surface area contributed by atoms with Gasteiger partial charge in [0.25, 0.3) is 0 Å². The van der Waals surface area contributed by atoms with Gasteiger partial charge >= 0.3 is 11.9 Å².